The summed E-state index contributed by atoms with van der Waals surface area (Å²) in [4.78, 5) is 0. The third-order valence-corrected chi connectivity index (χ3v) is 5.41. The van der Waals surface area contributed by atoms with Crippen molar-refractivity contribution in [1.82, 2.24) is 0 Å². The third kappa shape index (κ3) is 8.96. The van der Waals surface area contributed by atoms with Gasteiger partial charge in [-0.15, -0.1) is 0 Å². The standard InChI is InChI=1S/C27H40N2O/c1-6-9-12-24(26(29)23(10-7-2)11-8-3)25(28)18-20-27(5,30)19-17-22-15-13-21(4)14-16-22/h7-8,10-11,13-16,29-30H,2,6,9,12,17-20,28H2,1,3-5H3/b11-8-,23-10+,25-24-,29-26?. The second-order valence-electron chi connectivity index (χ2n) is 8.32. The van der Waals surface area contributed by atoms with Gasteiger partial charge in [-0.05, 0) is 76.0 Å². The van der Waals surface area contributed by atoms with Crippen LogP contribution in [-0.2, 0) is 6.42 Å². The molecular weight excluding hydrogens is 368 g/mol. The molecule has 0 fully saturated rings. The average molecular weight is 409 g/mol. The van der Waals surface area contributed by atoms with Crippen molar-refractivity contribution in [1.29, 1.82) is 5.41 Å². The molecule has 0 saturated heterocycles. The molecule has 30 heavy (non-hydrogen) atoms. The number of aliphatic hydroxyl groups is 1. The second-order valence-corrected chi connectivity index (χ2v) is 8.32. The van der Waals surface area contributed by atoms with Crippen molar-refractivity contribution in [2.45, 2.75) is 78.2 Å². The smallest absolute Gasteiger partial charge is 0.0661 e. The first-order chi connectivity index (χ1) is 14.2. The molecule has 0 radical (unpaired) electrons. The highest BCUT2D eigenvalue weighted by molar-refractivity contribution is 6.12. The van der Waals surface area contributed by atoms with E-state index in [1.54, 1.807) is 6.08 Å². The lowest BCUT2D eigenvalue weighted by atomic mass is 9.89. The van der Waals surface area contributed by atoms with Gasteiger partial charge in [0.25, 0.3) is 0 Å². The summed E-state index contributed by atoms with van der Waals surface area (Å²) in [5, 5.41) is 19.6. The molecule has 4 N–H and O–H groups in total. The van der Waals surface area contributed by atoms with Crippen LogP contribution in [0.4, 0.5) is 0 Å². The van der Waals surface area contributed by atoms with Crippen LogP contribution < -0.4 is 5.73 Å². The lowest BCUT2D eigenvalue weighted by Crippen LogP contribution is -2.26. The van der Waals surface area contributed by atoms with Crippen LogP contribution in [0.3, 0.4) is 0 Å². The minimum atomic E-state index is -0.795. The van der Waals surface area contributed by atoms with E-state index < -0.39 is 5.60 Å². The van der Waals surface area contributed by atoms with E-state index in [2.05, 4.69) is 44.7 Å². The Hall–Kier alpha value is -2.39. The van der Waals surface area contributed by atoms with Crippen molar-refractivity contribution >= 4 is 5.71 Å². The maximum absolute atomic E-state index is 10.9. The summed E-state index contributed by atoms with van der Waals surface area (Å²) in [7, 11) is 0. The number of allylic oxidation sites excluding steroid dienone is 7. The van der Waals surface area contributed by atoms with E-state index in [1.807, 2.05) is 32.1 Å². The van der Waals surface area contributed by atoms with E-state index >= 15 is 0 Å². The summed E-state index contributed by atoms with van der Waals surface area (Å²) in [5.74, 6) is 0. The molecule has 1 aromatic rings. The highest BCUT2D eigenvalue weighted by atomic mass is 16.3. The molecule has 1 unspecified atom stereocenters. The Bertz CT molecular complexity index is 780. The molecule has 0 aliphatic carbocycles. The van der Waals surface area contributed by atoms with Crippen molar-refractivity contribution in [3.63, 3.8) is 0 Å². The number of nitrogens with two attached hydrogens (primary N) is 1. The van der Waals surface area contributed by atoms with Crippen LogP contribution in [0.25, 0.3) is 0 Å². The molecule has 0 saturated carbocycles. The Morgan fingerprint density at radius 1 is 1.20 bits per heavy atom. The summed E-state index contributed by atoms with van der Waals surface area (Å²) in [5.41, 5.74) is 11.0. The zero-order chi connectivity index (χ0) is 22.6. The molecule has 0 aromatic heterocycles. The lowest BCUT2D eigenvalue weighted by molar-refractivity contribution is 0.0424. The Balaban J connectivity index is 2.89. The maximum atomic E-state index is 10.9. The highest BCUT2D eigenvalue weighted by Crippen LogP contribution is 2.25. The van der Waals surface area contributed by atoms with Crippen molar-refractivity contribution in [3.8, 4) is 0 Å². The predicted molar refractivity (Wildman–Crippen MR) is 131 cm³/mol. The van der Waals surface area contributed by atoms with E-state index in [1.165, 1.54) is 11.1 Å². The van der Waals surface area contributed by atoms with Gasteiger partial charge < -0.3 is 10.8 Å². The molecule has 1 atom stereocenters. The number of rotatable bonds is 13. The molecule has 0 aliphatic heterocycles. The quantitative estimate of drug-likeness (QED) is 0.255. The van der Waals surface area contributed by atoms with Crippen LogP contribution >= 0.6 is 0 Å². The van der Waals surface area contributed by atoms with Gasteiger partial charge >= 0.3 is 0 Å². The minimum Gasteiger partial charge on any atom is -0.402 e. The molecule has 0 spiro atoms. The monoisotopic (exact) mass is 408 g/mol. The molecule has 1 aromatic carbocycles. The van der Waals surface area contributed by atoms with Crippen LogP contribution in [0, 0.1) is 12.3 Å². The summed E-state index contributed by atoms with van der Waals surface area (Å²) in [6, 6.07) is 8.46. The molecule has 3 nitrogen and oxygen atoms in total. The van der Waals surface area contributed by atoms with Crippen molar-refractivity contribution < 1.29 is 5.11 Å². The van der Waals surface area contributed by atoms with Gasteiger partial charge in [-0.2, -0.15) is 0 Å². The number of hydrogen-bond acceptors (Lipinski definition) is 3. The fourth-order valence-corrected chi connectivity index (χ4v) is 3.35. The van der Waals surface area contributed by atoms with E-state index in [4.69, 9.17) is 11.1 Å². The third-order valence-electron chi connectivity index (χ3n) is 5.41. The van der Waals surface area contributed by atoms with Gasteiger partial charge in [-0.25, -0.2) is 0 Å². The van der Waals surface area contributed by atoms with E-state index in [0.717, 1.165) is 36.8 Å². The fraction of sp³-hybridized carbons (Fsp3) is 0.444. The van der Waals surface area contributed by atoms with Crippen LogP contribution in [-0.4, -0.2) is 16.4 Å². The highest BCUT2D eigenvalue weighted by Gasteiger charge is 2.21. The molecule has 3 heteroatoms. The number of unbranched alkanes of at least 4 members (excludes halogenated alkanes) is 1. The van der Waals surface area contributed by atoms with Gasteiger partial charge in [-0.3, -0.25) is 5.41 Å². The zero-order valence-electron chi connectivity index (χ0n) is 19.3. The van der Waals surface area contributed by atoms with Gasteiger partial charge in [0.15, 0.2) is 0 Å². The normalized spacial score (nSPS) is 15.0. The molecule has 0 bridgehead atoms. The van der Waals surface area contributed by atoms with Crippen molar-refractivity contribution in [2.75, 3.05) is 0 Å². The average Bonchev–Trinajstić information content (AvgIpc) is 2.72. The van der Waals surface area contributed by atoms with Gasteiger partial charge in [0.2, 0.25) is 0 Å². The van der Waals surface area contributed by atoms with Gasteiger partial charge in [0, 0.05) is 5.70 Å². The van der Waals surface area contributed by atoms with Crippen molar-refractivity contribution in [2.24, 2.45) is 5.73 Å². The van der Waals surface area contributed by atoms with Crippen LogP contribution in [0.5, 0.6) is 0 Å². The topological polar surface area (TPSA) is 70.1 Å². The molecule has 0 heterocycles. The van der Waals surface area contributed by atoms with Crippen molar-refractivity contribution in [3.05, 3.63) is 83.1 Å². The molecule has 164 valence electrons. The summed E-state index contributed by atoms with van der Waals surface area (Å²) in [6.07, 6.45) is 12.9. The van der Waals surface area contributed by atoms with Crippen LogP contribution in [0.15, 0.2) is 72.0 Å². The molecule has 1 rings (SSSR count). The summed E-state index contributed by atoms with van der Waals surface area (Å²) in [6.45, 7) is 11.8. The molecule has 0 amide bonds. The lowest BCUT2D eigenvalue weighted by Gasteiger charge is -2.24. The first-order valence-electron chi connectivity index (χ1n) is 11.0. The SMILES string of the molecule is C=C/C=C(\C=C/C)C(=N)/C(CCCC)=C(\N)CCC(C)(O)CCc1ccc(C)cc1. The number of aryl methyl sites for hydroxylation is 2. The van der Waals surface area contributed by atoms with E-state index in [-0.39, 0.29) is 0 Å². The Morgan fingerprint density at radius 3 is 2.43 bits per heavy atom. The van der Waals surface area contributed by atoms with E-state index in [0.29, 0.717) is 30.7 Å². The van der Waals surface area contributed by atoms with Crippen LogP contribution in [0.2, 0.25) is 0 Å². The second kappa shape index (κ2) is 13.0. The summed E-state index contributed by atoms with van der Waals surface area (Å²) < 4.78 is 0. The molecule has 0 aliphatic rings. The molecular formula is C27H40N2O. The van der Waals surface area contributed by atoms with Gasteiger partial charge in [0.1, 0.15) is 0 Å². The van der Waals surface area contributed by atoms with Gasteiger partial charge in [0.05, 0.1) is 11.3 Å². The Labute approximate surface area is 183 Å². The number of benzene rings is 1. The first kappa shape index (κ1) is 25.6. The minimum absolute atomic E-state index is 0.457. The predicted octanol–water partition coefficient (Wildman–Crippen LogP) is 6.57. The first-order valence-corrected chi connectivity index (χ1v) is 11.0. The largest absolute Gasteiger partial charge is 0.402 e. The summed E-state index contributed by atoms with van der Waals surface area (Å²) >= 11 is 0. The van der Waals surface area contributed by atoms with Gasteiger partial charge in [-0.1, -0.05) is 74.1 Å². The Morgan fingerprint density at radius 2 is 1.87 bits per heavy atom. The Kier molecular flexibility index (Phi) is 11.1. The maximum Gasteiger partial charge on any atom is 0.0661 e. The fourth-order valence-electron chi connectivity index (χ4n) is 3.35. The van der Waals surface area contributed by atoms with E-state index in [9.17, 15) is 5.11 Å². The number of hydrogen-bond donors (Lipinski definition) is 3. The number of nitrogens with one attached hydrogen (secondary N) is 1. The van der Waals surface area contributed by atoms with Crippen LogP contribution in [0.1, 0.15) is 70.4 Å². The zero-order valence-corrected chi connectivity index (χ0v) is 19.3.